The maximum Gasteiger partial charge on any atom is 0.356 e. The van der Waals surface area contributed by atoms with Crippen LogP contribution in [0.25, 0.3) is 0 Å². The molecule has 0 saturated heterocycles. The molecule has 0 bridgehead atoms. The maximum atomic E-state index is 11.3. The normalized spacial score (nSPS) is 9.69. The number of H-pyrrole nitrogens is 1. The van der Waals surface area contributed by atoms with E-state index in [2.05, 4.69) is 20.3 Å². The first-order chi connectivity index (χ1) is 7.47. The molecular weight excluding hydrogens is 214 g/mol. The van der Waals surface area contributed by atoms with Gasteiger partial charge in [-0.05, 0) is 6.92 Å². The molecule has 1 heterocycles. The Hall–Kier alpha value is -2.18. The highest BCUT2D eigenvalue weighted by atomic mass is 16.5. The zero-order chi connectivity index (χ0) is 12.3. The van der Waals surface area contributed by atoms with Gasteiger partial charge in [0.1, 0.15) is 0 Å². The van der Waals surface area contributed by atoms with E-state index >= 15 is 0 Å². The zero-order valence-corrected chi connectivity index (χ0v) is 9.08. The van der Waals surface area contributed by atoms with Crippen LogP contribution < -0.4 is 5.32 Å². The van der Waals surface area contributed by atoms with Crippen LogP contribution in [0.5, 0.6) is 0 Å². The SMILES string of the molecule is COC(=O)c1[nH]nc(NC(C)=O)c1C(C)=O. The van der Waals surface area contributed by atoms with E-state index in [9.17, 15) is 14.4 Å². The van der Waals surface area contributed by atoms with Crippen molar-refractivity contribution in [2.45, 2.75) is 13.8 Å². The van der Waals surface area contributed by atoms with Crippen molar-refractivity contribution in [3.63, 3.8) is 0 Å². The summed E-state index contributed by atoms with van der Waals surface area (Å²) in [5.74, 6) is -1.46. The van der Waals surface area contributed by atoms with E-state index in [-0.39, 0.29) is 23.0 Å². The van der Waals surface area contributed by atoms with Crippen molar-refractivity contribution in [1.82, 2.24) is 10.2 Å². The minimum Gasteiger partial charge on any atom is -0.464 e. The largest absolute Gasteiger partial charge is 0.464 e. The molecule has 1 amide bonds. The fraction of sp³-hybridized carbons (Fsp3) is 0.333. The van der Waals surface area contributed by atoms with Crippen molar-refractivity contribution in [3.05, 3.63) is 11.3 Å². The highest BCUT2D eigenvalue weighted by molar-refractivity contribution is 6.09. The Kier molecular flexibility index (Phi) is 3.39. The van der Waals surface area contributed by atoms with Crippen molar-refractivity contribution < 1.29 is 19.1 Å². The first kappa shape index (κ1) is 11.9. The van der Waals surface area contributed by atoms with E-state index < -0.39 is 11.8 Å². The Labute approximate surface area is 91.2 Å². The third kappa shape index (κ3) is 2.25. The van der Waals surface area contributed by atoms with Gasteiger partial charge in [-0.3, -0.25) is 14.7 Å². The van der Waals surface area contributed by atoms with Crippen molar-refractivity contribution >= 4 is 23.5 Å². The number of Topliss-reactive ketones (excluding diaryl/α,β-unsaturated/α-hetero) is 1. The van der Waals surface area contributed by atoms with Gasteiger partial charge in [0.25, 0.3) is 0 Å². The summed E-state index contributed by atoms with van der Waals surface area (Å²) < 4.78 is 4.47. The molecule has 16 heavy (non-hydrogen) atoms. The lowest BCUT2D eigenvalue weighted by Crippen LogP contribution is -2.12. The molecule has 0 unspecified atom stereocenters. The Morgan fingerprint density at radius 2 is 1.94 bits per heavy atom. The number of hydrogen-bond acceptors (Lipinski definition) is 5. The molecule has 1 aromatic rings. The number of ketones is 1. The lowest BCUT2D eigenvalue weighted by Gasteiger charge is -2.00. The number of nitrogens with zero attached hydrogens (tertiary/aromatic N) is 1. The number of aromatic amines is 1. The number of carbonyl (C=O) groups is 3. The topological polar surface area (TPSA) is 101 Å². The number of esters is 1. The first-order valence-electron chi connectivity index (χ1n) is 4.42. The third-order valence-electron chi connectivity index (χ3n) is 1.80. The Morgan fingerprint density at radius 1 is 1.31 bits per heavy atom. The molecule has 86 valence electrons. The fourth-order valence-corrected chi connectivity index (χ4v) is 1.19. The van der Waals surface area contributed by atoms with E-state index in [1.807, 2.05) is 0 Å². The molecule has 7 nitrogen and oxygen atoms in total. The molecule has 0 aliphatic heterocycles. The standard InChI is InChI=1S/C9H11N3O4/c1-4(13)6-7(9(15)16-3)11-12-8(6)10-5(2)14/h1-3H3,(H2,10,11,12,14). The Balaban J connectivity index is 3.22. The maximum absolute atomic E-state index is 11.3. The number of anilines is 1. The van der Waals surface area contributed by atoms with Crippen LogP contribution in [0.3, 0.4) is 0 Å². The van der Waals surface area contributed by atoms with E-state index in [1.54, 1.807) is 0 Å². The van der Waals surface area contributed by atoms with Gasteiger partial charge in [0.05, 0.1) is 12.7 Å². The van der Waals surface area contributed by atoms with Crippen LogP contribution in [0, 0.1) is 0 Å². The number of carbonyl (C=O) groups excluding carboxylic acids is 3. The number of methoxy groups -OCH3 is 1. The third-order valence-corrected chi connectivity index (χ3v) is 1.80. The van der Waals surface area contributed by atoms with Crippen molar-refractivity contribution in [2.24, 2.45) is 0 Å². The number of ether oxygens (including phenoxy) is 1. The summed E-state index contributed by atoms with van der Waals surface area (Å²) in [7, 11) is 1.19. The Morgan fingerprint density at radius 3 is 2.38 bits per heavy atom. The molecule has 7 heteroatoms. The van der Waals surface area contributed by atoms with Crippen LogP contribution in [0.4, 0.5) is 5.82 Å². The lowest BCUT2D eigenvalue weighted by atomic mass is 10.1. The summed E-state index contributed by atoms with van der Waals surface area (Å²) in [6, 6.07) is 0. The number of hydrogen-bond donors (Lipinski definition) is 2. The number of rotatable bonds is 3. The molecule has 0 spiro atoms. The van der Waals surface area contributed by atoms with Crippen LogP contribution in [-0.2, 0) is 9.53 Å². The van der Waals surface area contributed by atoms with Crippen molar-refractivity contribution in [3.8, 4) is 0 Å². The van der Waals surface area contributed by atoms with Gasteiger partial charge in [-0.25, -0.2) is 4.79 Å². The summed E-state index contributed by atoms with van der Waals surface area (Å²) in [4.78, 5) is 33.5. The minimum absolute atomic E-state index is 0.0158. The summed E-state index contributed by atoms with van der Waals surface area (Å²) in [6.07, 6.45) is 0. The molecule has 1 aromatic heterocycles. The second-order valence-electron chi connectivity index (χ2n) is 3.05. The fourth-order valence-electron chi connectivity index (χ4n) is 1.19. The van der Waals surface area contributed by atoms with E-state index in [0.717, 1.165) is 0 Å². The molecule has 2 N–H and O–H groups in total. The Bertz CT molecular complexity index is 450. The van der Waals surface area contributed by atoms with Gasteiger partial charge in [0.15, 0.2) is 17.3 Å². The summed E-state index contributed by atoms with van der Waals surface area (Å²) in [6.45, 7) is 2.54. The van der Waals surface area contributed by atoms with Gasteiger partial charge < -0.3 is 10.1 Å². The molecule has 0 atom stereocenters. The molecule has 0 aromatic carbocycles. The van der Waals surface area contributed by atoms with Crippen LogP contribution in [0.15, 0.2) is 0 Å². The summed E-state index contributed by atoms with van der Waals surface area (Å²) in [5, 5.41) is 8.36. The van der Waals surface area contributed by atoms with Crippen LogP contribution in [0.1, 0.15) is 34.7 Å². The average molecular weight is 225 g/mol. The van der Waals surface area contributed by atoms with Gasteiger partial charge in [-0.15, -0.1) is 0 Å². The highest BCUT2D eigenvalue weighted by Crippen LogP contribution is 2.17. The first-order valence-corrected chi connectivity index (χ1v) is 4.42. The molecular formula is C9H11N3O4. The zero-order valence-electron chi connectivity index (χ0n) is 9.08. The summed E-state index contributed by atoms with van der Waals surface area (Å²) >= 11 is 0. The number of nitrogens with one attached hydrogen (secondary N) is 2. The smallest absolute Gasteiger partial charge is 0.356 e. The molecule has 0 fully saturated rings. The van der Waals surface area contributed by atoms with E-state index in [0.29, 0.717) is 0 Å². The average Bonchev–Trinajstić information content (AvgIpc) is 2.59. The lowest BCUT2D eigenvalue weighted by molar-refractivity contribution is -0.114. The van der Waals surface area contributed by atoms with Gasteiger partial charge >= 0.3 is 5.97 Å². The van der Waals surface area contributed by atoms with Crippen LogP contribution in [0.2, 0.25) is 0 Å². The molecule has 0 aliphatic rings. The second kappa shape index (κ2) is 4.56. The molecule has 1 rings (SSSR count). The summed E-state index contributed by atoms with van der Waals surface area (Å²) in [5.41, 5.74) is -0.0548. The van der Waals surface area contributed by atoms with Gasteiger partial charge in [0.2, 0.25) is 5.91 Å². The van der Waals surface area contributed by atoms with Crippen molar-refractivity contribution in [2.75, 3.05) is 12.4 Å². The van der Waals surface area contributed by atoms with E-state index in [4.69, 9.17) is 0 Å². The highest BCUT2D eigenvalue weighted by Gasteiger charge is 2.23. The predicted octanol–water partition coefficient (Wildman–Crippen LogP) is 0.357. The minimum atomic E-state index is -0.714. The number of amides is 1. The van der Waals surface area contributed by atoms with Crippen LogP contribution in [-0.4, -0.2) is 35.0 Å². The van der Waals surface area contributed by atoms with Gasteiger partial charge in [-0.1, -0.05) is 0 Å². The molecule has 0 aliphatic carbocycles. The second-order valence-corrected chi connectivity index (χ2v) is 3.05. The van der Waals surface area contributed by atoms with Crippen molar-refractivity contribution in [1.29, 1.82) is 0 Å². The van der Waals surface area contributed by atoms with E-state index in [1.165, 1.54) is 21.0 Å². The monoisotopic (exact) mass is 225 g/mol. The van der Waals surface area contributed by atoms with Crippen LogP contribution >= 0.6 is 0 Å². The van der Waals surface area contributed by atoms with Gasteiger partial charge in [0, 0.05) is 6.92 Å². The molecule has 0 radical (unpaired) electrons. The quantitative estimate of drug-likeness (QED) is 0.571. The van der Waals surface area contributed by atoms with Gasteiger partial charge in [-0.2, -0.15) is 5.10 Å². The predicted molar refractivity (Wildman–Crippen MR) is 54.2 cm³/mol. The number of aromatic nitrogens is 2. The molecule has 0 saturated carbocycles.